The Hall–Kier alpha value is -2.25. The highest BCUT2D eigenvalue weighted by molar-refractivity contribution is 7.90. The molecule has 0 saturated carbocycles. The number of nitrogens with zero attached hydrogens (tertiary/aromatic N) is 1. The molecule has 1 amide bonds. The molecule has 0 aliphatic heterocycles. The summed E-state index contributed by atoms with van der Waals surface area (Å²) >= 11 is 0. The minimum absolute atomic E-state index is 0.205. The van der Waals surface area contributed by atoms with E-state index in [0.29, 0.717) is 17.8 Å². The van der Waals surface area contributed by atoms with Gasteiger partial charge in [0, 0.05) is 35.6 Å². The molecule has 7 heteroatoms. The second-order valence-electron chi connectivity index (χ2n) is 7.07. The topological polar surface area (TPSA) is 88.2 Å². The summed E-state index contributed by atoms with van der Waals surface area (Å²) < 4.78 is 26.6. The molecule has 0 aliphatic rings. The van der Waals surface area contributed by atoms with E-state index >= 15 is 0 Å². The smallest absolute Gasteiger partial charge is 0.255 e. The van der Waals surface area contributed by atoms with Crippen LogP contribution in [0.1, 0.15) is 43.6 Å². The largest absolute Gasteiger partial charge is 0.322 e. The van der Waals surface area contributed by atoms with E-state index in [2.05, 4.69) is 15.0 Å². The van der Waals surface area contributed by atoms with E-state index in [1.807, 2.05) is 38.1 Å². The van der Waals surface area contributed by atoms with Crippen molar-refractivity contribution in [2.45, 2.75) is 38.4 Å². The van der Waals surface area contributed by atoms with Crippen molar-refractivity contribution in [3.63, 3.8) is 0 Å². The Labute approximate surface area is 155 Å². The van der Waals surface area contributed by atoms with Crippen LogP contribution in [0, 0.1) is 0 Å². The van der Waals surface area contributed by atoms with Crippen LogP contribution >= 0.6 is 0 Å². The molecule has 0 atom stereocenters. The highest BCUT2D eigenvalue weighted by atomic mass is 32.2. The molecule has 2 rings (SSSR count). The maximum atomic E-state index is 12.2. The van der Waals surface area contributed by atoms with Gasteiger partial charge in [-0.2, -0.15) is 0 Å². The van der Waals surface area contributed by atoms with Gasteiger partial charge in [0.2, 0.25) is 10.0 Å². The summed E-state index contributed by atoms with van der Waals surface area (Å²) in [5.41, 5.74) is 1.81. The number of pyridine rings is 1. The fourth-order valence-corrected chi connectivity index (χ4v) is 3.16. The molecule has 1 heterocycles. The summed E-state index contributed by atoms with van der Waals surface area (Å²) in [6, 6.07) is 10.7. The average molecular weight is 375 g/mol. The van der Waals surface area contributed by atoms with Crippen molar-refractivity contribution in [3.05, 3.63) is 59.9 Å². The van der Waals surface area contributed by atoms with Crippen LogP contribution in [-0.4, -0.2) is 31.1 Å². The summed E-state index contributed by atoms with van der Waals surface area (Å²) in [5, 5.41) is 2.36. The van der Waals surface area contributed by atoms with E-state index in [1.54, 1.807) is 38.4 Å². The van der Waals surface area contributed by atoms with Gasteiger partial charge in [-0.15, -0.1) is 0 Å². The highest BCUT2D eigenvalue weighted by Gasteiger charge is 2.24. The maximum Gasteiger partial charge on any atom is 0.255 e. The molecule has 0 unspecified atom stereocenters. The predicted octanol–water partition coefficient (Wildman–Crippen LogP) is 2.94. The van der Waals surface area contributed by atoms with Gasteiger partial charge in [-0.25, -0.2) is 13.1 Å². The average Bonchev–Trinajstić information content (AvgIpc) is 2.61. The molecule has 0 spiro atoms. The van der Waals surface area contributed by atoms with E-state index < -0.39 is 15.3 Å². The quantitative estimate of drug-likeness (QED) is 0.779. The number of rotatable bonds is 7. The van der Waals surface area contributed by atoms with Crippen LogP contribution in [0.4, 0.5) is 5.69 Å². The Kier molecular flexibility index (Phi) is 6.15. The molecule has 0 radical (unpaired) electrons. The summed E-state index contributed by atoms with van der Waals surface area (Å²) in [5.74, 6) is -0.205. The van der Waals surface area contributed by atoms with Crippen LogP contribution in [0.25, 0.3) is 0 Å². The number of amides is 1. The van der Waals surface area contributed by atoms with Gasteiger partial charge in [-0.3, -0.25) is 9.78 Å². The molecule has 0 saturated heterocycles. The van der Waals surface area contributed by atoms with Crippen LogP contribution < -0.4 is 10.0 Å². The first kappa shape index (κ1) is 20.1. The molecular weight excluding hydrogens is 350 g/mol. The molecule has 2 N–H and O–H groups in total. The third-order valence-electron chi connectivity index (χ3n) is 4.20. The molecular formula is C19H25N3O3S. The molecule has 0 fully saturated rings. The zero-order chi connectivity index (χ0) is 19.4. The second kappa shape index (κ2) is 7.97. The van der Waals surface area contributed by atoms with Gasteiger partial charge in [0.1, 0.15) is 0 Å². The standard InChI is InChI=1S/C19H25N3O3S/c1-14(2)26(24,25)21-13-19(3,4)16-5-7-17(8-6-16)22-18(23)15-9-11-20-12-10-15/h5-12,14,21H,13H2,1-4H3,(H,22,23). The fraction of sp³-hybridized carbons (Fsp3) is 0.368. The van der Waals surface area contributed by atoms with E-state index in [9.17, 15) is 13.2 Å². The van der Waals surface area contributed by atoms with Crippen molar-refractivity contribution in [2.75, 3.05) is 11.9 Å². The number of aromatic nitrogens is 1. The van der Waals surface area contributed by atoms with Crippen molar-refractivity contribution in [2.24, 2.45) is 0 Å². The lowest BCUT2D eigenvalue weighted by Crippen LogP contribution is -2.39. The third kappa shape index (κ3) is 5.12. The third-order valence-corrected chi connectivity index (χ3v) is 5.99. The number of hydrogen-bond acceptors (Lipinski definition) is 4. The molecule has 2 aromatic rings. The van der Waals surface area contributed by atoms with E-state index in [-0.39, 0.29) is 11.3 Å². The van der Waals surface area contributed by atoms with Gasteiger partial charge in [0.15, 0.2) is 0 Å². The number of hydrogen-bond donors (Lipinski definition) is 2. The Morgan fingerprint density at radius 1 is 1.08 bits per heavy atom. The maximum absolute atomic E-state index is 12.2. The zero-order valence-corrected chi connectivity index (χ0v) is 16.3. The lowest BCUT2D eigenvalue weighted by atomic mass is 9.85. The zero-order valence-electron chi connectivity index (χ0n) is 15.5. The van der Waals surface area contributed by atoms with Crippen LogP contribution in [0.3, 0.4) is 0 Å². The Morgan fingerprint density at radius 2 is 1.65 bits per heavy atom. The van der Waals surface area contributed by atoms with Gasteiger partial charge in [0.05, 0.1) is 5.25 Å². The summed E-state index contributed by atoms with van der Waals surface area (Å²) in [6.45, 7) is 7.54. The van der Waals surface area contributed by atoms with Crippen LogP contribution in [0.2, 0.25) is 0 Å². The molecule has 1 aromatic heterocycles. The number of carbonyl (C=O) groups excluding carboxylic acids is 1. The first-order valence-electron chi connectivity index (χ1n) is 8.42. The van der Waals surface area contributed by atoms with Crippen molar-refractivity contribution in [1.29, 1.82) is 0 Å². The molecule has 0 bridgehead atoms. The van der Waals surface area contributed by atoms with Gasteiger partial charge in [-0.1, -0.05) is 26.0 Å². The lowest BCUT2D eigenvalue weighted by molar-refractivity contribution is 0.102. The van der Waals surface area contributed by atoms with Crippen molar-refractivity contribution < 1.29 is 13.2 Å². The number of carbonyl (C=O) groups is 1. The van der Waals surface area contributed by atoms with Crippen molar-refractivity contribution in [3.8, 4) is 0 Å². The van der Waals surface area contributed by atoms with E-state index in [0.717, 1.165) is 5.56 Å². The van der Waals surface area contributed by atoms with Gasteiger partial charge in [0.25, 0.3) is 5.91 Å². The first-order chi connectivity index (χ1) is 12.1. The summed E-state index contributed by atoms with van der Waals surface area (Å²) in [4.78, 5) is 16.0. The Bertz CT molecular complexity index is 845. The van der Waals surface area contributed by atoms with Gasteiger partial charge < -0.3 is 5.32 Å². The molecule has 1 aromatic carbocycles. The normalized spacial score (nSPS) is 12.2. The number of nitrogens with one attached hydrogen (secondary N) is 2. The van der Waals surface area contributed by atoms with Crippen molar-refractivity contribution in [1.82, 2.24) is 9.71 Å². The van der Waals surface area contributed by atoms with Crippen LogP contribution in [0.5, 0.6) is 0 Å². The molecule has 6 nitrogen and oxygen atoms in total. The molecule has 26 heavy (non-hydrogen) atoms. The van der Waals surface area contributed by atoms with Crippen molar-refractivity contribution >= 4 is 21.6 Å². The highest BCUT2D eigenvalue weighted by Crippen LogP contribution is 2.24. The summed E-state index contributed by atoms with van der Waals surface area (Å²) in [6.07, 6.45) is 3.14. The fourth-order valence-electron chi connectivity index (χ4n) is 2.26. The number of benzene rings is 1. The summed E-state index contributed by atoms with van der Waals surface area (Å²) in [7, 11) is -3.31. The van der Waals surface area contributed by atoms with E-state index in [4.69, 9.17) is 0 Å². The number of sulfonamides is 1. The first-order valence-corrected chi connectivity index (χ1v) is 9.97. The molecule has 140 valence electrons. The predicted molar refractivity (Wildman–Crippen MR) is 104 cm³/mol. The lowest BCUT2D eigenvalue weighted by Gasteiger charge is -2.26. The Morgan fingerprint density at radius 3 is 2.19 bits per heavy atom. The SMILES string of the molecule is CC(C)S(=O)(=O)NCC(C)(C)c1ccc(NC(=O)c2ccncc2)cc1. The van der Waals surface area contributed by atoms with Gasteiger partial charge in [-0.05, 0) is 43.7 Å². The Balaban J connectivity index is 2.05. The second-order valence-corrected chi connectivity index (χ2v) is 9.39. The monoisotopic (exact) mass is 375 g/mol. The minimum Gasteiger partial charge on any atom is -0.322 e. The van der Waals surface area contributed by atoms with Crippen LogP contribution in [-0.2, 0) is 15.4 Å². The molecule has 0 aliphatic carbocycles. The number of anilines is 1. The van der Waals surface area contributed by atoms with E-state index in [1.165, 1.54) is 0 Å². The van der Waals surface area contributed by atoms with Crippen LogP contribution in [0.15, 0.2) is 48.8 Å². The minimum atomic E-state index is -3.31. The van der Waals surface area contributed by atoms with Gasteiger partial charge >= 0.3 is 0 Å².